The van der Waals surface area contributed by atoms with E-state index in [0.29, 0.717) is 0 Å². The minimum Gasteiger partial charge on any atom is -0.308 e. The second-order valence-electron chi connectivity index (χ2n) is 1.99. The molecule has 0 aromatic carbocycles. The second-order valence-corrected chi connectivity index (χ2v) is 2.26. The van der Waals surface area contributed by atoms with Crippen molar-refractivity contribution in [3.05, 3.63) is 22.5 Å². The van der Waals surface area contributed by atoms with Crippen LogP contribution in [0.5, 0.6) is 0 Å². The van der Waals surface area contributed by atoms with Crippen molar-refractivity contribution in [1.29, 1.82) is 0 Å². The van der Waals surface area contributed by atoms with Crippen molar-refractivity contribution in [1.82, 2.24) is 10.2 Å². The molecule has 2 N–H and O–H groups in total. The van der Waals surface area contributed by atoms with Crippen LogP contribution in [-0.4, -0.2) is 22.0 Å². The zero-order chi connectivity index (χ0) is 8.97. The number of hydrogen-bond donors (Lipinski definition) is 2. The van der Waals surface area contributed by atoms with E-state index in [9.17, 15) is 9.59 Å². The van der Waals surface area contributed by atoms with Gasteiger partial charge < -0.3 is 5.32 Å². The summed E-state index contributed by atoms with van der Waals surface area (Å²) in [5, 5.41) is 8.07. The van der Waals surface area contributed by atoms with Gasteiger partial charge in [-0.15, -0.1) is 11.6 Å². The Bertz CT molecular complexity index is 315. The van der Waals surface area contributed by atoms with Gasteiger partial charge in [-0.25, -0.2) is 5.10 Å². The lowest BCUT2D eigenvalue weighted by molar-refractivity contribution is -0.113. The summed E-state index contributed by atoms with van der Waals surface area (Å²) in [6, 6.07) is 2.65. The Balaban J connectivity index is 2.71. The van der Waals surface area contributed by atoms with E-state index in [1.165, 1.54) is 12.1 Å². The maximum Gasteiger partial charge on any atom is 0.264 e. The zero-order valence-corrected chi connectivity index (χ0v) is 6.76. The summed E-state index contributed by atoms with van der Waals surface area (Å²) in [5.41, 5.74) is -0.320. The Morgan fingerprint density at radius 1 is 1.67 bits per heavy atom. The molecule has 0 fully saturated rings. The molecule has 1 rings (SSSR count). The highest BCUT2D eigenvalue weighted by atomic mass is 35.5. The van der Waals surface area contributed by atoms with Crippen LogP contribution in [0, 0.1) is 0 Å². The molecule has 1 aromatic rings. The Kier molecular flexibility index (Phi) is 2.82. The lowest BCUT2D eigenvalue weighted by atomic mass is 10.5. The second kappa shape index (κ2) is 3.87. The van der Waals surface area contributed by atoms with Gasteiger partial charge in [0.1, 0.15) is 5.88 Å². The molecule has 64 valence electrons. The number of anilines is 1. The molecule has 0 saturated heterocycles. The summed E-state index contributed by atoms with van der Waals surface area (Å²) in [5.74, 6) is -0.225. The number of hydrogen-bond acceptors (Lipinski definition) is 3. The average molecular weight is 188 g/mol. The van der Waals surface area contributed by atoms with Crippen molar-refractivity contribution in [2.45, 2.75) is 0 Å². The standard InChI is InChI=1S/C6H6ClN3O2/c7-3-6(12)8-4-1-2-5(11)10-9-4/h1-2H,3H2,(H,10,11)(H,8,9,12). The summed E-state index contributed by atoms with van der Waals surface area (Å²) in [7, 11) is 0. The lowest BCUT2D eigenvalue weighted by Crippen LogP contribution is -2.16. The molecule has 0 saturated carbocycles. The maximum absolute atomic E-state index is 10.7. The van der Waals surface area contributed by atoms with Crippen LogP contribution in [0.4, 0.5) is 5.82 Å². The van der Waals surface area contributed by atoms with Gasteiger partial charge in [0.15, 0.2) is 5.82 Å². The first-order valence-electron chi connectivity index (χ1n) is 3.14. The fourth-order valence-corrected chi connectivity index (χ4v) is 0.657. The summed E-state index contributed by atoms with van der Waals surface area (Å²) in [6.07, 6.45) is 0. The fourth-order valence-electron chi connectivity index (χ4n) is 0.590. The van der Waals surface area contributed by atoms with E-state index >= 15 is 0 Å². The van der Waals surface area contributed by atoms with Crippen molar-refractivity contribution in [3.8, 4) is 0 Å². The monoisotopic (exact) mass is 187 g/mol. The number of H-pyrrole nitrogens is 1. The Hall–Kier alpha value is -1.36. The number of carbonyl (C=O) groups excluding carboxylic acids is 1. The predicted octanol–water partition coefficient (Wildman–Crippen LogP) is -0.0528. The van der Waals surface area contributed by atoms with Gasteiger partial charge >= 0.3 is 0 Å². The molecule has 0 aliphatic heterocycles. The van der Waals surface area contributed by atoms with Crippen LogP contribution in [0.25, 0.3) is 0 Å². The number of halogens is 1. The molecule has 0 aliphatic carbocycles. The summed E-state index contributed by atoms with van der Waals surface area (Å²) in [4.78, 5) is 21.2. The highest BCUT2D eigenvalue weighted by Crippen LogP contribution is 1.95. The third-order valence-corrected chi connectivity index (χ3v) is 1.31. The Labute approximate surface area is 72.7 Å². The molecule has 5 nitrogen and oxygen atoms in total. The van der Waals surface area contributed by atoms with Crippen LogP contribution in [0.1, 0.15) is 0 Å². The summed E-state index contributed by atoms with van der Waals surface area (Å²) in [6.45, 7) is 0. The molecule has 12 heavy (non-hydrogen) atoms. The molecular formula is C6H6ClN3O2. The van der Waals surface area contributed by atoms with Crippen LogP contribution in [-0.2, 0) is 4.79 Å². The molecule has 0 bridgehead atoms. The molecule has 1 amide bonds. The van der Waals surface area contributed by atoms with Gasteiger partial charge in [-0.1, -0.05) is 0 Å². The number of aromatic nitrogens is 2. The molecule has 0 radical (unpaired) electrons. The van der Waals surface area contributed by atoms with Crippen LogP contribution >= 0.6 is 11.6 Å². The molecule has 1 aromatic heterocycles. The first-order valence-corrected chi connectivity index (χ1v) is 3.67. The van der Waals surface area contributed by atoms with Gasteiger partial charge in [-0.2, -0.15) is 5.10 Å². The first-order chi connectivity index (χ1) is 5.72. The Morgan fingerprint density at radius 3 is 2.92 bits per heavy atom. The highest BCUT2D eigenvalue weighted by molar-refractivity contribution is 6.28. The maximum atomic E-state index is 10.7. The van der Waals surface area contributed by atoms with Crippen molar-refractivity contribution < 1.29 is 4.79 Å². The van der Waals surface area contributed by atoms with E-state index < -0.39 is 0 Å². The number of amides is 1. The van der Waals surface area contributed by atoms with Gasteiger partial charge in [0.2, 0.25) is 5.91 Å². The highest BCUT2D eigenvalue weighted by Gasteiger charge is 1.99. The molecular weight excluding hydrogens is 182 g/mol. The van der Waals surface area contributed by atoms with Gasteiger partial charge in [-0.3, -0.25) is 9.59 Å². The lowest BCUT2D eigenvalue weighted by Gasteiger charge is -1.98. The predicted molar refractivity (Wildman–Crippen MR) is 44.2 cm³/mol. The normalized spacial score (nSPS) is 9.42. The molecule has 0 atom stereocenters. The van der Waals surface area contributed by atoms with Gasteiger partial charge in [0.05, 0.1) is 0 Å². The minimum absolute atomic E-state index is 0.138. The zero-order valence-electron chi connectivity index (χ0n) is 6.00. The molecule has 0 spiro atoms. The number of carbonyl (C=O) groups is 1. The molecule has 0 unspecified atom stereocenters. The van der Waals surface area contributed by atoms with E-state index in [4.69, 9.17) is 11.6 Å². The van der Waals surface area contributed by atoms with Crippen LogP contribution in [0.15, 0.2) is 16.9 Å². The van der Waals surface area contributed by atoms with Crippen molar-refractivity contribution in [2.24, 2.45) is 0 Å². The molecule has 6 heteroatoms. The number of nitrogens with one attached hydrogen (secondary N) is 2. The van der Waals surface area contributed by atoms with E-state index in [1.807, 2.05) is 0 Å². The average Bonchev–Trinajstić information content (AvgIpc) is 2.09. The topological polar surface area (TPSA) is 74.8 Å². The van der Waals surface area contributed by atoms with Crippen molar-refractivity contribution in [3.63, 3.8) is 0 Å². The smallest absolute Gasteiger partial charge is 0.264 e. The van der Waals surface area contributed by atoms with E-state index in [1.54, 1.807) is 0 Å². The van der Waals surface area contributed by atoms with Gasteiger partial charge in [0, 0.05) is 6.07 Å². The molecule has 1 heterocycles. The largest absolute Gasteiger partial charge is 0.308 e. The summed E-state index contributed by atoms with van der Waals surface area (Å²) >= 11 is 5.22. The van der Waals surface area contributed by atoms with Crippen LogP contribution < -0.4 is 10.9 Å². The Morgan fingerprint density at radius 2 is 2.42 bits per heavy atom. The van der Waals surface area contributed by atoms with E-state index in [2.05, 4.69) is 15.5 Å². The van der Waals surface area contributed by atoms with Crippen LogP contribution in [0.2, 0.25) is 0 Å². The quantitative estimate of drug-likeness (QED) is 0.638. The number of rotatable bonds is 2. The first kappa shape index (κ1) is 8.73. The molecule has 0 aliphatic rings. The van der Waals surface area contributed by atoms with Crippen molar-refractivity contribution in [2.75, 3.05) is 11.2 Å². The van der Waals surface area contributed by atoms with E-state index in [0.717, 1.165) is 0 Å². The van der Waals surface area contributed by atoms with Gasteiger partial charge in [0.25, 0.3) is 5.56 Å². The van der Waals surface area contributed by atoms with E-state index in [-0.39, 0.29) is 23.2 Å². The van der Waals surface area contributed by atoms with Crippen molar-refractivity contribution >= 4 is 23.3 Å². The van der Waals surface area contributed by atoms with Crippen LogP contribution in [0.3, 0.4) is 0 Å². The fraction of sp³-hybridized carbons (Fsp3) is 0.167. The number of nitrogens with zero attached hydrogens (tertiary/aromatic N) is 1. The number of alkyl halides is 1. The minimum atomic E-state index is -0.365. The third kappa shape index (κ3) is 2.35. The SMILES string of the molecule is O=C(CCl)Nc1ccc(=O)[nH]n1. The number of aromatic amines is 1. The van der Waals surface area contributed by atoms with Gasteiger partial charge in [-0.05, 0) is 6.07 Å². The summed E-state index contributed by atoms with van der Waals surface area (Å²) < 4.78 is 0. The third-order valence-electron chi connectivity index (χ3n) is 1.07.